The van der Waals surface area contributed by atoms with E-state index in [-0.39, 0.29) is 5.54 Å². The molecule has 17 heavy (non-hydrogen) atoms. The maximum absolute atomic E-state index is 6.19. The van der Waals surface area contributed by atoms with E-state index in [1.807, 2.05) is 13.0 Å². The van der Waals surface area contributed by atoms with Crippen LogP contribution >= 0.6 is 0 Å². The van der Waals surface area contributed by atoms with Gasteiger partial charge >= 0.3 is 0 Å². The number of likely N-dealkylation sites (N-methyl/N-ethyl adjacent to an activating group) is 1. The van der Waals surface area contributed by atoms with Crippen LogP contribution in [0.15, 0.2) is 30.3 Å². The fourth-order valence-electron chi connectivity index (χ4n) is 2.01. The minimum absolute atomic E-state index is 0.292. The summed E-state index contributed by atoms with van der Waals surface area (Å²) in [7, 11) is 1.69. The number of hydrogen-bond acceptors (Lipinski definition) is 3. The van der Waals surface area contributed by atoms with E-state index >= 15 is 0 Å². The van der Waals surface area contributed by atoms with Crippen LogP contribution in [0.2, 0.25) is 0 Å². The first-order valence-corrected chi connectivity index (χ1v) is 6.11. The van der Waals surface area contributed by atoms with Crippen molar-refractivity contribution in [2.75, 3.05) is 26.8 Å². The third kappa shape index (κ3) is 5.31. The third-order valence-corrected chi connectivity index (χ3v) is 2.76. The van der Waals surface area contributed by atoms with Crippen LogP contribution in [0.25, 0.3) is 0 Å². The van der Waals surface area contributed by atoms with E-state index in [9.17, 15) is 0 Å². The molecule has 0 heterocycles. The summed E-state index contributed by atoms with van der Waals surface area (Å²) in [6.07, 6.45) is 0. The van der Waals surface area contributed by atoms with E-state index in [0.717, 1.165) is 19.6 Å². The Kier molecular flexibility index (Phi) is 5.62. The molecule has 0 aromatic heterocycles. The van der Waals surface area contributed by atoms with Gasteiger partial charge in [-0.2, -0.15) is 0 Å². The molecule has 0 saturated carbocycles. The highest BCUT2D eigenvalue weighted by Gasteiger charge is 2.21. The second-order valence-corrected chi connectivity index (χ2v) is 4.88. The van der Waals surface area contributed by atoms with E-state index in [4.69, 9.17) is 10.5 Å². The molecular weight excluding hydrogens is 212 g/mol. The van der Waals surface area contributed by atoms with E-state index in [1.165, 1.54) is 5.56 Å². The predicted molar refractivity (Wildman–Crippen MR) is 71.9 cm³/mol. The molecule has 1 unspecified atom stereocenters. The number of ether oxygens (including phenoxy) is 1. The summed E-state index contributed by atoms with van der Waals surface area (Å²) in [5.74, 6) is 0. The lowest BCUT2D eigenvalue weighted by Gasteiger charge is -2.31. The van der Waals surface area contributed by atoms with Crippen molar-refractivity contribution in [2.45, 2.75) is 25.9 Å². The first-order valence-electron chi connectivity index (χ1n) is 6.11. The lowest BCUT2D eigenvalue weighted by atomic mass is 10.0. The minimum atomic E-state index is -0.292. The Morgan fingerprint density at radius 3 is 2.47 bits per heavy atom. The molecule has 3 nitrogen and oxygen atoms in total. The zero-order chi connectivity index (χ0) is 12.7. The minimum Gasteiger partial charge on any atom is -0.383 e. The molecule has 1 atom stereocenters. The van der Waals surface area contributed by atoms with Gasteiger partial charge in [0.1, 0.15) is 0 Å². The SMILES string of the molecule is CCN(Cc1ccccc1)CC(C)(N)COC. The molecule has 1 aromatic carbocycles. The van der Waals surface area contributed by atoms with Crippen molar-refractivity contribution in [3.05, 3.63) is 35.9 Å². The quantitative estimate of drug-likeness (QED) is 0.785. The number of benzene rings is 1. The molecule has 0 saturated heterocycles. The molecule has 1 aromatic rings. The molecule has 0 aliphatic carbocycles. The van der Waals surface area contributed by atoms with Crippen molar-refractivity contribution in [1.82, 2.24) is 4.90 Å². The summed E-state index contributed by atoms with van der Waals surface area (Å²) in [6.45, 7) is 7.54. The first-order chi connectivity index (χ1) is 8.07. The summed E-state index contributed by atoms with van der Waals surface area (Å²) < 4.78 is 5.15. The molecule has 2 N–H and O–H groups in total. The zero-order valence-corrected chi connectivity index (χ0v) is 11.1. The fourth-order valence-corrected chi connectivity index (χ4v) is 2.01. The molecule has 96 valence electrons. The maximum Gasteiger partial charge on any atom is 0.0652 e. The van der Waals surface area contributed by atoms with E-state index in [0.29, 0.717) is 6.61 Å². The smallest absolute Gasteiger partial charge is 0.0652 e. The van der Waals surface area contributed by atoms with Crippen molar-refractivity contribution in [3.63, 3.8) is 0 Å². The van der Waals surface area contributed by atoms with Gasteiger partial charge in [-0.3, -0.25) is 4.90 Å². The zero-order valence-electron chi connectivity index (χ0n) is 11.1. The maximum atomic E-state index is 6.19. The van der Waals surface area contributed by atoms with Crippen molar-refractivity contribution >= 4 is 0 Å². The summed E-state index contributed by atoms with van der Waals surface area (Å²) >= 11 is 0. The molecule has 0 fully saturated rings. The highest BCUT2D eigenvalue weighted by molar-refractivity contribution is 5.14. The van der Waals surface area contributed by atoms with Crippen molar-refractivity contribution in [1.29, 1.82) is 0 Å². The fraction of sp³-hybridized carbons (Fsp3) is 0.571. The molecule has 3 heteroatoms. The van der Waals surface area contributed by atoms with Gasteiger partial charge in [-0.1, -0.05) is 37.3 Å². The van der Waals surface area contributed by atoms with Gasteiger partial charge in [-0.25, -0.2) is 0 Å². The van der Waals surface area contributed by atoms with Crippen molar-refractivity contribution < 1.29 is 4.74 Å². The number of methoxy groups -OCH3 is 1. The molecular formula is C14H24N2O. The van der Waals surface area contributed by atoms with E-state index < -0.39 is 0 Å². The molecule has 0 amide bonds. The average Bonchev–Trinajstić information content (AvgIpc) is 2.29. The van der Waals surface area contributed by atoms with Crippen molar-refractivity contribution in [2.24, 2.45) is 5.73 Å². The number of hydrogen-bond donors (Lipinski definition) is 1. The van der Waals surface area contributed by atoms with Gasteiger partial charge in [0.05, 0.1) is 6.61 Å². The average molecular weight is 236 g/mol. The monoisotopic (exact) mass is 236 g/mol. The van der Waals surface area contributed by atoms with Gasteiger partial charge in [-0.15, -0.1) is 0 Å². The predicted octanol–water partition coefficient (Wildman–Crippen LogP) is 1.87. The van der Waals surface area contributed by atoms with Crippen LogP contribution < -0.4 is 5.73 Å². The van der Waals surface area contributed by atoms with Crippen LogP contribution in [0.4, 0.5) is 0 Å². The first kappa shape index (κ1) is 14.2. The second kappa shape index (κ2) is 6.74. The standard InChI is InChI=1S/C14H24N2O/c1-4-16(11-14(2,15)12-17-3)10-13-8-6-5-7-9-13/h5-9H,4,10-12,15H2,1-3H3. The van der Waals surface area contributed by atoms with Gasteiger partial charge in [-0.05, 0) is 19.0 Å². The van der Waals surface area contributed by atoms with Crippen LogP contribution in [0, 0.1) is 0 Å². The summed E-state index contributed by atoms with van der Waals surface area (Å²) in [5, 5.41) is 0. The van der Waals surface area contributed by atoms with Crippen LogP contribution in [0.5, 0.6) is 0 Å². The lowest BCUT2D eigenvalue weighted by molar-refractivity contribution is 0.108. The molecule has 0 spiro atoms. The van der Waals surface area contributed by atoms with E-state index in [2.05, 4.69) is 36.1 Å². The highest BCUT2D eigenvalue weighted by Crippen LogP contribution is 2.09. The summed E-state index contributed by atoms with van der Waals surface area (Å²) in [6, 6.07) is 10.5. The Morgan fingerprint density at radius 1 is 1.29 bits per heavy atom. The molecule has 0 radical (unpaired) electrons. The normalized spacial score (nSPS) is 14.9. The van der Waals surface area contributed by atoms with Crippen LogP contribution in [0.3, 0.4) is 0 Å². The van der Waals surface area contributed by atoms with Gasteiger partial charge in [0, 0.05) is 25.7 Å². The second-order valence-electron chi connectivity index (χ2n) is 4.88. The molecule has 0 aliphatic heterocycles. The molecule has 0 aliphatic rings. The van der Waals surface area contributed by atoms with Crippen LogP contribution in [-0.2, 0) is 11.3 Å². The van der Waals surface area contributed by atoms with Gasteiger partial charge in [0.15, 0.2) is 0 Å². The molecule has 0 bridgehead atoms. The highest BCUT2D eigenvalue weighted by atomic mass is 16.5. The molecule has 1 rings (SSSR count). The number of nitrogens with zero attached hydrogens (tertiary/aromatic N) is 1. The van der Waals surface area contributed by atoms with Crippen LogP contribution in [-0.4, -0.2) is 37.2 Å². The Morgan fingerprint density at radius 2 is 1.94 bits per heavy atom. The topological polar surface area (TPSA) is 38.5 Å². The largest absolute Gasteiger partial charge is 0.383 e. The Balaban J connectivity index is 2.55. The van der Waals surface area contributed by atoms with Gasteiger partial charge in [0.25, 0.3) is 0 Å². The Hall–Kier alpha value is -0.900. The summed E-state index contributed by atoms with van der Waals surface area (Å²) in [5.41, 5.74) is 7.22. The number of rotatable bonds is 7. The lowest BCUT2D eigenvalue weighted by Crippen LogP contribution is -2.50. The number of nitrogens with two attached hydrogens (primary N) is 1. The van der Waals surface area contributed by atoms with Gasteiger partial charge < -0.3 is 10.5 Å². The van der Waals surface area contributed by atoms with Crippen molar-refractivity contribution in [3.8, 4) is 0 Å². The summed E-state index contributed by atoms with van der Waals surface area (Å²) in [4.78, 5) is 2.34. The van der Waals surface area contributed by atoms with Crippen LogP contribution in [0.1, 0.15) is 19.4 Å². The Labute approximate surface area is 105 Å². The third-order valence-electron chi connectivity index (χ3n) is 2.76. The van der Waals surface area contributed by atoms with E-state index in [1.54, 1.807) is 7.11 Å². The Bertz CT molecular complexity index is 311. The van der Waals surface area contributed by atoms with Gasteiger partial charge in [0.2, 0.25) is 0 Å².